The summed E-state index contributed by atoms with van der Waals surface area (Å²) in [5.74, 6) is 0. The van der Waals surface area contributed by atoms with Crippen LogP contribution in [0.5, 0.6) is 0 Å². The van der Waals surface area contributed by atoms with Gasteiger partial charge in [0.25, 0.3) is 0 Å². The molecule has 0 aliphatic rings. The molecule has 1 amide bonds. The Balaban J connectivity index is 3.90. The van der Waals surface area contributed by atoms with Crippen LogP contribution in [0.1, 0.15) is 0 Å². The molecule has 1 unspecified atom stereocenters. The molecule has 3 heteroatoms. The molecule has 1 atom stereocenters. The van der Waals surface area contributed by atoms with Crippen molar-refractivity contribution in [3.63, 3.8) is 0 Å². The summed E-state index contributed by atoms with van der Waals surface area (Å²) < 4.78 is 0. The Morgan fingerprint density at radius 1 is 1.60 bits per heavy atom. The summed E-state index contributed by atoms with van der Waals surface area (Å²) in [4.78, 5) is 11.6. The molecule has 0 saturated heterocycles. The van der Waals surface area contributed by atoms with Gasteiger partial charge in [0.2, 0.25) is 6.41 Å². The molecule has 56 valence electrons. The largest absolute Gasteiger partial charge is 0.323 e. The van der Waals surface area contributed by atoms with Gasteiger partial charge in [0.15, 0.2) is 0 Å². The molecular formula is C7H12N2O. The van der Waals surface area contributed by atoms with E-state index in [9.17, 15) is 4.79 Å². The lowest BCUT2D eigenvalue weighted by Crippen LogP contribution is -2.39. The molecule has 0 bridgehead atoms. The highest BCUT2D eigenvalue weighted by Gasteiger charge is 2.03. The number of hydrogen-bond donors (Lipinski definition) is 1. The lowest BCUT2D eigenvalue weighted by molar-refractivity contribution is -0.118. The molecule has 10 heavy (non-hydrogen) atoms. The number of carbonyl (C=O) groups excluding carboxylic acids is 1. The van der Waals surface area contributed by atoms with Gasteiger partial charge in [0, 0.05) is 6.54 Å². The summed E-state index contributed by atoms with van der Waals surface area (Å²) in [5.41, 5.74) is 5.44. The van der Waals surface area contributed by atoms with Crippen LogP contribution in [-0.4, -0.2) is 24.0 Å². The van der Waals surface area contributed by atoms with Crippen molar-refractivity contribution >= 4 is 6.41 Å². The second-order valence-electron chi connectivity index (χ2n) is 1.82. The molecule has 0 heterocycles. The zero-order valence-corrected chi connectivity index (χ0v) is 5.86. The standard InChI is InChI=1S/C7H12N2O/c1-3-5-9(6-10)7(8)4-2/h3-4,6-7H,1-2,5,8H2. The predicted molar refractivity (Wildman–Crippen MR) is 41.1 cm³/mol. The topological polar surface area (TPSA) is 46.3 Å². The summed E-state index contributed by atoms with van der Waals surface area (Å²) in [6.07, 6.45) is 3.37. The first-order valence-electron chi connectivity index (χ1n) is 2.96. The summed E-state index contributed by atoms with van der Waals surface area (Å²) >= 11 is 0. The number of carbonyl (C=O) groups is 1. The molecule has 0 aromatic carbocycles. The smallest absolute Gasteiger partial charge is 0.211 e. The maximum atomic E-state index is 10.2. The molecule has 0 aromatic rings. The predicted octanol–water partition coefficient (Wildman–Crippen LogP) is 0.102. The summed E-state index contributed by atoms with van der Waals surface area (Å²) in [6, 6.07) is 0. The summed E-state index contributed by atoms with van der Waals surface area (Å²) in [6.45, 7) is 7.38. The summed E-state index contributed by atoms with van der Waals surface area (Å²) in [7, 11) is 0. The molecule has 0 fully saturated rings. The Kier molecular flexibility index (Phi) is 4.24. The van der Waals surface area contributed by atoms with Crippen molar-refractivity contribution in [2.24, 2.45) is 5.73 Å². The van der Waals surface area contributed by atoms with Crippen molar-refractivity contribution in [1.29, 1.82) is 0 Å². The van der Waals surface area contributed by atoms with Crippen molar-refractivity contribution in [2.45, 2.75) is 6.17 Å². The average molecular weight is 140 g/mol. The first kappa shape index (κ1) is 8.91. The molecule has 0 aromatic heterocycles. The first-order chi connectivity index (χ1) is 4.76. The first-order valence-corrected chi connectivity index (χ1v) is 2.96. The van der Waals surface area contributed by atoms with Crippen LogP contribution in [0.2, 0.25) is 0 Å². The minimum atomic E-state index is -0.407. The monoisotopic (exact) mass is 140 g/mol. The van der Waals surface area contributed by atoms with Gasteiger partial charge in [0.05, 0.1) is 6.17 Å². The number of hydrogen-bond acceptors (Lipinski definition) is 2. The highest BCUT2D eigenvalue weighted by Crippen LogP contribution is 1.89. The molecule has 0 radical (unpaired) electrons. The fourth-order valence-corrected chi connectivity index (χ4v) is 0.519. The molecule has 0 aliphatic carbocycles. The Morgan fingerprint density at radius 3 is 2.50 bits per heavy atom. The normalized spacial score (nSPS) is 11.7. The molecule has 0 aliphatic heterocycles. The van der Waals surface area contributed by atoms with Crippen molar-refractivity contribution in [3.05, 3.63) is 25.3 Å². The highest BCUT2D eigenvalue weighted by atomic mass is 16.1. The summed E-state index contributed by atoms with van der Waals surface area (Å²) in [5, 5.41) is 0. The van der Waals surface area contributed by atoms with Gasteiger partial charge in [-0.2, -0.15) is 0 Å². The second kappa shape index (κ2) is 4.76. The Morgan fingerprint density at radius 2 is 2.20 bits per heavy atom. The van der Waals surface area contributed by atoms with Crippen molar-refractivity contribution in [2.75, 3.05) is 6.54 Å². The molecule has 0 saturated carbocycles. The van der Waals surface area contributed by atoms with Gasteiger partial charge in [-0.1, -0.05) is 18.7 Å². The average Bonchev–Trinajstić information content (AvgIpc) is 1.99. The van der Waals surface area contributed by atoms with Crippen LogP contribution < -0.4 is 5.73 Å². The van der Waals surface area contributed by atoms with E-state index in [1.807, 2.05) is 0 Å². The van der Waals surface area contributed by atoms with Gasteiger partial charge in [-0.3, -0.25) is 4.79 Å². The van der Waals surface area contributed by atoms with E-state index in [2.05, 4.69) is 13.2 Å². The van der Waals surface area contributed by atoms with E-state index >= 15 is 0 Å². The Labute approximate surface area is 60.8 Å². The van der Waals surface area contributed by atoms with Crippen molar-refractivity contribution in [1.82, 2.24) is 4.90 Å². The third-order valence-corrected chi connectivity index (χ3v) is 1.10. The van der Waals surface area contributed by atoms with E-state index in [0.717, 1.165) is 0 Å². The van der Waals surface area contributed by atoms with Gasteiger partial charge in [-0.15, -0.1) is 6.58 Å². The zero-order valence-electron chi connectivity index (χ0n) is 5.86. The van der Waals surface area contributed by atoms with Gasteiger partial charge < -0.3 is 10.6 Å². The van der Waals surface area contributed by atoms with Crippen LogP contribution >= 0.6 is 0 Å². The van der Waals surface area contributed by atoms with Gasteiger partial charge in [-0.25, -0.2) is 0 Å². The fourth-order valence-electron chi connectivity index (χ4n) is 0.519. The number of nitrogens with zero attached hydrogens (tertiary/aromatic N) is 1. The van der Waals surface area contributed by atoms with Crippen LogP contribution in [0.25, 0.3) is 0 Å². The maximum absolute atomic E-state index is 10.2. The van der Waals surface area contributed by atoms with Crippen LogP contribution in [0.15, 0.2) is 25.3 Å². The number of amides is 1. The van der Waals surface area contributed by atoms with E-state index in [1.54, 1.807) is 6.08 Å². The van der Waals surface area contributed by atoms with E-state index < -0.39 is 6.17 Å². The van der Waals surface area contributed by atoms with E-state index in [0.29, 0.717) is 13.0 Å². The molecular weight excluding hydrogens is 128 g/mol. The molecule has 2 N–H and O–H groups in total. The second-order valence-corrected chi connectivity index (χ2v) is 1.82. The zero-order chi connectivity index (χ0) is 7.98. The van der Waals surface area contributed by atoms with Crippen molar-refractivity contribution in [3.8, 4) is 0 Å². The number of nitrogens with two attached hydrogens (primary N) is 1. The fraction of sp³-hybridized carbons (Fsp3) is 0.286. The quantitative estimate of drug-likeness (QED) is 0.334. The lowest BCUT2D eigenvalue weighted by Gasteiger charge is -2.19. The highest BCUT2D eigenvalue weighted by molar-refractivity contribution is 5.48. The van der Waals surface area contributed by atoms with E-state index in [-0.39, 0.29) is 0 Å². The van der Waals surface area contributed by atoms with Gasteiger partial charge in [-0.05, 0) is 0 Å². The van der Waals surface area contributed by atoms with E-state index in [1.165, 1.54) is 11.0 Å². The maximum Gasteiger partial charge on any atom is 0.211 e. The SMILES string of the molecule is C=CCN(C=O)C(N)C=C. The van der Waals surface area contributed by atoms with Crippen molar-refractivity contribution < 1.29 is 4.79 Å². The molecule has 3 nitrogen and oxygen atoms in total. The third-order valence-electron chi connectivity index (χ3n) is 1.10. The van der Waals surface area contributed by atoms with Crippen LogP contribution in [0.3, 0.4) is 0 Å². The van der Waals surface area contributed by atoms with E-state index in [4.69, 9.17) is 5.73 Å². The third kappa shape index (κ3) is 2.46. The lowest BCUT2D eigenvalue weighted by atomic mass is 10.4. The molecule has 0 spiro atoms. The molecule has 0 rings (SSSR count). The minimum Gasteiger partial charge on any atom is -0.323 e. The van der Waals surface area contributed by atoms with Gasteiger partial charge >= 0.3 is 0 Å². The van der Waals surface area contributed by atoms with Crippen LogP contribution in [-0.2, 0) is 4.79 Å². The van der Waals surface area contributed by atoms with Crippen LogP contribution in [0.4, 0.5) is 0 Å². The van der Waals surface area contributed by atoms with Crippen LogP contribution in [0, 0.1) is 0 Å². The minimum absolute atomic E-state index is 0.407. The Hall–Kier alpha value is -1.09. The van der Waals surface area contributed by atoms with Gasteiger partial charge in [0.1, 0.15) is 0 Å². The Bertz CT molecular complexity index is 134. The number of rotatable bonds is 5.